The number of amides is 1. The summed E-state index contributed by atoms with van der Waals surface area (Å²) in [5, 5.41) is 8.54. The zero-order valence-electron chi connectivity index (χ0n) is 14.2. The van der Waals surface area contributed by atoms with Crippen molar-refractivity contribution in [3.05, 3.63) is 52.0 Å². The van der Waals surface area contributed by atoms with Crippen molar-refractivity contribution in [1.82, 2.24) is 15.5 Å². The van der Waals surface area contributed by atoms with Crippen LogP contribution in [0.3, 0.4) is 0 Å². The molecule has 6 nitrogen and oxygen atoms in total. The van der Waals surface area contributed by atoms with Gasteiger partial charge in [-0.05, 0) is 43.5 Å². The van der Waals surface area contributed by atoms with Crippen LogP contribution in [-0.2, 0) is 28.9 Å². The minimum absolute atomic E-state index is 0.0533. The monoisotopic (exact) mass is 361 g/mol. The zero-order chi connectivity index (χ0) is 17.8. The van der Waals surface area contributed by atoms with E-state index in [1.54, 1.807) is 0 Å². The number of benzene rings is 1. The van der Waals surface area contributed by atoms with Gasteiger partial charge in [-0.25, -0.2) is 0 Å². The van der Waals surface area contributed by atoms with Crippen LogP contribution in [-0.4, -0.2) is 29.8 Å². The summed E-state index contributed by atoms with van der Waals surface area (Å²) in [4.78, 5) is 14.8. The van der Waals surface area contributed by atoms with Crippen molar-refractivity contribution >= 4 is 28.4 Å². The second-order valence-corrected chi connectivity index (χ2v) is 6.37. The average Bonchev–Trinajstić information content (AvgIpc) is 3.16. The molecule has 7 heteroatoms. The van der Waals surface area contributed by atoms with E-state index < -0.39 is 0 Å². The number of aromatic amines is 1. The van der Waals surface area contributed by atoms with E-state index in [-0.39, 0.29) is 12.5 Å². The standard InChI is InChI=1S/C18H20ClN3O3/c1-11-5-14(22-25-11)4-3-12-8-17-13(7-16(12)19)6-15(21-17)9-20-18(23)10-24-2/h5-8,21H,3-4,9-10H2,1-2H3,(H,20,23). The van der Waals surface area contributed by atoms with Crippen molar-refractivity contribution in [1.29, 1.82) is 0 Å². The smallest absolute Gasteiger partial charge is 0.246 e. The summed E-state index contributed by atoms with van der Waals surface area (Å²) in [5.74, 6) is 0.656. The lowest BCUT2D eigenvalue weighted by atomic mass is 10.1. The quantitative estimate of drug-likeness (QED) is 0.677. The number of nitrogens with one attached hydrogen (secondary N) is 2. The highest BCUT2D eigenvalue weighted by molar-refractivity contribution is 6.32. The van der Waals surface area contributed by atoms with E-state index in [0.717, 1.165) is 51.5 Å². The Morgan fingerprint density at radius 3 is 2.88 bits per heavy atom. The number of hydrogen-bond acceptors (Lipinski definition) is 4. The predicted octanol–water partition coefficient (Wildman–Crippen LogP) is 3.17. The molecule has 0 radical (unpaired) electrons. The van der Waals surface area contributed by atoms with E-state index in [1.807, 2.05) is 31.2 Å². The molecule has 132 valence electrons. The summed E-state index contributed by atoms with van der Waals surface area (Å²) in [6.45, 7) is 2.35. The lowest BCUT2D eigenvalue weighted by Gasteiger charge is -2.03. The molecule has 0 aliphatic heterocycles. The van der Waals surface area contributed by atoms with Gasteiger partial charge in [-0.15, -0.1) is 0 Å². The number of fused-ring (bicyclic) bond motifs is 1. The molecule has 0 unspecified atom stereocenters. The first-order chi connectivity index (χ1) is 12.0. The van der Waals surface area contributed by atoms with E-state index in [2.05, 4.69) is 15.5 Å². The average molecular weight is 362 g/mol. The number of methoxy groups -OCH3 is 1. The van der Waals surface area contributed by atoms with E-state index in [0.29, 0.717) is 6.54 Å². The number of aromatic nitrogens is 2. The summed E-state index contributed by atoms with van der Waals surface area (Å²) >= 11 is 6.41. The first-order valence-corrected chi connectivity index (χ1v) is 8.41. The molecule has 0 fully saturated rings. The number of carbonyl (C=O) groups excluding carboxylic acids is 1. The van der Waals surface area contributed by atoms with Crippen molar-refractivity contribution in [3.63, 3.8) is 0 Å². The summed E-state index contributed by atoms with van der Waals surface area (Å²) in [7, 11) is 1.49. The van der Waals surface area contributed by atoms with Crippen LogP contribution in [0.2, 0.25) is 5.02 Å². The van der Waals surface area contributed by atoms with Crippen LogP contribution >= 0.6 is 11.6 Å². The van der Waals surface area contributed by atoms with Crippen LogP contribution in [0.1, 0.15) is 22.7 Å². The third kappa shape index (κ3) is 4.41. The Labute approximate surface area is 150 Å². The predicted molar refractivity (Wildman–Crippen MR) is 95.7 cm³/mol. The van der Waals surface area contributed by atoms with E-state index in [1.165, 1.54) is 7.11 Å². The molecule has 1 amide bonds. The van der Waals surface area contributed by atoms with Gasteiger partial charge in [-0.1, -0.05) is 16.8 Å². The Kier molecular flexibility index (Phi) is 5.40. The fourth-order valence-corrected chi connectivity index (χ4v) is 2.99. The molecule has 2 aromatic heterocycles. The van der Waals surface area contributed by atoms with Gasteiger partial charge in [0.25, 0.3) is 0 Å². The zero-order valence-corrected chi connectivity index (χ0v) is 14.9. The Hall–Kier alpha value is -2.31. The molecule has 25 heavy (non-hydrogen) atoms. The van der Waals surface area contributed by atoms with Gasteiger partial charge in [0, 0.05) is 34.8 Å². The number of halogens is 1. The van der Waals surface area contributed by atoms with Crippen molar-refractivity contribution in [3.8, 4) is 0 Å². The highest BCUT2D eigenvalue weighted by Gasteiger charge is 2.09. The van der Waals surface area contributed by atoms with Crippen molar-refractivity contribution in [2.75, 3.05) is 13.7 Å². The molecular formula is C18H20ClN3O3. The molecule has 0 saturated carbocycles. The van der Waals surface area contributed by atoms with E-state index >= 15 is 0 Å². The maximum atomic E-state index is 11.5. The number of carbonyl (C=O) groups is 1. The number of hydrogen-bond donors (Lipinski definition) is 2. The lowest BCUT2D eigenvalue weighted by Crippen LogP contribution is -2.26. The summed E-state index contributed by atoms with van der Waals surface area (Å²) in [5.41, 5.74) is 3.87. The SMILES string of the molecule is COCC(=O)NCc1cc2cc(Cl)c(CCc3cc(C)on3)cc2[nH]1. The van der Waals surface area contributed by atoms with Crippen molar-refractivity contribution in [2.45, 2.75) is 26.3 Å². The first-order valence-electron chi connectivity index (χ1n) is 8.03. The van der Waals surface area contributed by atoms with Gasteiger partial charge in [0.05, 0.1) is 12.2 Å². The summed E-state index contributed by atoms with van der Waals surface area (Å²) in [6, 6.07) is 7.91. The normalized spacial score (nSPS) is 11.2. The molecule has 0 aliphatic rings. The van der Waals surface area contributed by atoms with Gasteiger partial charge in [0.1, 0.15) is 12.4 Å². The Bertz CT molecular complexity index is 885. The number of H-pyrrole nitrogens is 1. The maximum absolute atomic E-state index is 11.5. The largest absolute Gasteiger partial charge is 0.375 e. The number of nitrogens with zero attached hydrogens (tertiary/aromatic N) is 1. The molecule has 3 rings (SSSR count). The lowest BCUT2D eigenvalue weighted by molar-refractivity contribution is -0.124. The van der Waals surface area contributed by atoms with Gasteiger partial charge in [-0.2, -0.15) is 0 Å². The Balaban J connectivity index is 1.70. The second-order valence-electron chi connectivity index (χ2n) is 5.96. The molecule has 1 aromatic carbocycles. The molecule has 2 heterocycles. The molecule has 2 N–H and O–H groups in total. The van der Waals surface area contributed by atoms with Crippen LogP contribution in [0.15, 0.2) is 28.8 Å². The molecule has 0 atom stereocenters. The van der Waals surface area contributed by atoms with Gasteiger partial charge in [0.2, 0.25) is 5.91 Å². The summed E-state index contributed by atoms with van der Waals surface area (Å²) < 4.78 is 9.88. The van der Waals surface area contributed by atoms with Crippen LogP contribution in [0.4, 0.5) is 0 Å². The fourth-order valence-electron chi connectivity index (χ4n) is 2.72. The van der Waals surface area contributed by atoms with Crippen LogP contribution in [0.25, 0.3) is 10.9 Å². The van der Waals surface area contributed by atoms with Gasteiger partial charge in [-0.3, -0.25) is 4.79 Å². The minimum atomic E-state index is -0.150. The third-order valence-electron chi connectivity index (χ3n) is 3.92. The Morgan fingerprint density at radius 1 is 1.32 bits per heavy atom. The van der Waals surface area contributed by atoms with Gasteiger partial charge in [0.15, 0.2) is 0 Å². The van der Waals surface area contributed by atoms with Crippen LogP contribution in [0.5, 0.6) is 0 Å². The van der Waals surface area contributed by atoms with Gasteiger partial charge >= 0.3 is 0 Å². The van der Waals surface area contributed by atoms with Gasteiger partial charge < -0.3 is 19.6 Å². The highest BCUT2D eigenvalue weighted by atomic mass is 35.5. The fraction of sp³-hybridized carbons (Fsp3) is 0.333. The minimum Gasteiger partial charge on any atom is -0.375 e. The van der Waals surface area contributed by atoms with Crippen molar-refractivity contribution < 1.29 is 14.1 Å². The molecule has 0 saturated heterocycles. The molecule has 0 bridgehead atoms. The van der Waals surface area contributed by atoms with E-state index in [4.69, 9.17) is 20.9 Å². The first kappa shape index (κ1) is 17.5. The maximum Gasteiger partial charge on any atom is 0.246 e. The van der Waals surface area contributed by atoms with Crippen LogP contribution < -0.4 is 5.32 Å². The second kappa shape index (κ2) is 7.72. The molecule has 0 aliphatic carbocycles. The number of aryl methyl sites for hydroxylation is 3. The Morgan fingerprint density at radius 2 is 2.16 bits per heavy atom. The summed E-state index contributed by atoms with van der Waals surface area (Å²) in [6.07, 6.45) is 1.54. The highest BCUT2D eigenvalue weighted by Crippen LogP contribution is 2.26. The molecule has 3 aromatic rings. The molecular weight excluding hydrogens is 342 g/mol. The molecule has 0 spiro atoms. The topological polar surface area (TPSA) is 80.2 Å². The number of ether oxygens (including phenoxy) is 1. The van der Waals surface area contributed by atoms with E-state index in [9.17, 15) is 4.79 Å². The third-order valence-corrected chi connectivity index (χ3v) is 4.27. The number of rotatable bonds is 7. The van der Waals surface area contributed by atoms with Crippen LogP contribution in [0, 0.1) is 6.92 Å². The van der Waals surface area contributed by atoms with Crippen molar-refractivity contribution in [2.24, 2.45) is 0 Å².